The third-order valence-corrected chi connectivity index (χ3v) is 6.41. The van der Waals surface area contributed by atoms with Crippen molar-refractivity contribution in [3.63, 3.8) is 0 Å². The number of hydrogen-bond donors (Lipinski definition) is 1. The molecular formula is C26H37Cl2NO3. The van der Waals surface area contributed by atoms with Crippen molar-refractivity contribution in [3.05, 3.63) is 64.7 Å². The van der Waals surface area contributed by atoms with Crippen molar-refractivity contribution in [1.29, 1.82) is 0 Å². The number of rotatable bonds is 10. The number of nitrogens with zero attached hydrogens (tertiary/aromatic N) is 1. The molecule has 2 atom stereocenters. The van der Waals surface area contributed by atoms with Gasteiger partial charge in [-0.25, -0.2) is 0 Å². The number of halogens is 2. The topological polar surface area (TPSA) is 41.9 Å². The molecule has 0 bridgehead atoms. The van der Waals surface area contributed by atoms with Gasteiger partial charge in [-0.3, -0.25) is 4.90 Å². The maximum absolute atomic E-state index is 12.3. The van der Waals surface area contributed by atoms with Crippen LogP contribution in [0.2, 0.25) is 5.02 Å². The summed E-state index contributed by atoms with van der Waals surface area (Å²) >= 11 is 6.19. The normalized spacial score (nSPS) is 17.4. The molecule has 3 rings (SSSR count). The summed E-state index contributed by atoms with van der Waals surface area (Å²) in [6.07, 6.45) is 1.63. The fourth-order valence-electron chi connectivity index (χ4n) is 4.30. The van der Waals surface area contributed by atoms with Gasteiger partial charge in [-0.05, 0) is 61.1 Å². The molecule has 1 aliphatic heterocycles. The average molecular weight is 482 g/mol. The highest BCUT2D eigenvalue weighted by molar-refractivity contribution is 6.30. The summed E-state index contributed by atoms with van der Waals surface area (Å²) in [5, 5.41) is 13.0. The van der Waals surface area contributed by atoms with Gasteiger partial charge in [0.05, 0.1) is 25.4 Å². The van der Waals surface area contributed by atoms with E-state index in [4.69, 9.17) is 21.1 Å². The molecule has 0 radical (unpaired) electrons. The average Bonchev–Trinajstić information content (AvgIpc) is 2.78. The van der Waals surface area contributed by atoms with Crippen LogP contribution in [0.1, 0.15) is 50.7 Å². The Labute approximate surface area is 204 Å². The second-order valence-corrected chi connectivity index (χ2v) is 9.27. The Bertz CT molecular complexity index is 792. The molecule has 0 aromatic heterocycles. The van der Waals surface area contributed by atoms with Crippen LogP contribution in [-0.4, -0.2) is 49.5 Å². The van der Waals surface area contributed by atoms with Crippen LogP contribution in [0.25, 0.3) is 0 Å². The van der Waals surface area contributed by atoms with E-state index >= 15 is 0 Å². The second-order valence-electron chi connectivity index (χ2n) is 8.83. The molecule has 0 amide bonds. The Kier molecular flexibility index (Phi) is 10.8. The smallest absolute Gasteiger partial charge is 0.119 e. The number of hydrogen-bond acceptors (Lipinski definition) is 4. The lowest BCUT2D eigenvalue weighted by atomic mass is 9.73. The molecule has 1 fully saturated rings. The van der Waals surface area contributed by atoms with Crippen LogP contribution in [0.4, 0.5) is 0 Å². The Morgan fingerprint density at radius 1 is 1.06 bits per heavy atom. The van der Waals surface area contributed by atoms with Crippen LogP contribution in [0.15, 0.2) is 48.5 Å². The lowest BCUT2D eigenvalue weighted by Gasteiger charge is -2.41. The minimum Gasteiger partial charge on any atom is -0.494 e. The first-order valence-electron chi connectivity index (χ1n) is 11.4. The largest absolute Gasteiger partial charge is 0.494 e. The van der Waals surface area contributed by atoms with Gasteiger partial charge in [-0.15, -0.1) is 12.4 Å². The summed E-state index contributed by atoms with van der Waals surface area (Å²) in [6.45, 7) is 11.0. The predicted molar refractivity (Wildman–Crippen MR) is 134 cm³/mol. The van der Waals surface area contributed by atoms with Crippen LogP contribution in [0.5, 0.6) is 5.75 Å². The first-order valence-corrected chi connectivity index (χ1v) is 11.8. The van der Waals surface area contributed by atoms with Gasteiger partial charge >= 0.3 is 0 Å². The zero-order valence-electron chi connectivity index (χ0n) is 19.4. The highest BCUT2D eigenvalue weighted by Crippen LogP contribution is 2.43. The van der Waals surface area contributed by atoms with Gasteiger partial charge < -0.3 is 14.6 Å². The van der Waals surface area contributed by atoms with E-state index in [0.717, 1.165) is 56.1 Å². The number of benzene rings is 2. The Morgan fingerprint density at radius 3 is 2.25 bits per heavy atom. The standard InChI is InChI=1S/C26H36ClNO3.ClH/c1-4-31-24-11-7-22(8-12-24)26(29,14-13-20(2)3)25(19-28-15-17-30-18-16-28)21-5-9-23(27)10-6-21;/h5-12,20,25,29H,4,13-19H2,1-3H3;1H. The number of aliphatic hydroxyl groups is 1. The van der Waals surface area contributed by atoms with Crippen LogP contribution in [0, 0.1) is 5.92 Å². The molecule has 0 spiro atoms. The second kappa shape index (κ2) is 12.8. The summed E-state index contributed by atoms with van der Waals surface area (Å²) in [6, 6.07) is 15.9. The predicted octanol–water partition coefficient (Wildman–Crippen LogP) is 5.90. The Balaban J connectivity index is 0.00000363. The lowest BCUT2D eigenvalue weighted by molar-refractivity contribution is -0.0311. The molecule has 4 nitrogen and oxygen atoms in total. The third-order valence-electron chi connectivity index (χ3n) is 6.16. The molecule has 1 saturated heterocycles. The molecule has 6 heteroatoms. The molecule has 32 heavy (non-hydrogen) atoms. The van der Waals surface area contributed by atoms with Crippen LogP contribution in [-0.2, 0) is 10.3 Å². The molecule has 2 aromatic carbocycles. The molecule has 2 unspecified atom stereocenters. The van der Waals surface area contributed by atoms with Crippen LogP contribution >= 0.6 is 24.0 Å². The molecule has 2 aromatic rings. The van der Waals surface area contributed by atoms with Gasteiger partial charge in [0.2, 0.25) is 0 Å². The highest BCUT2D eigenvalue weighted by Gasteiger charge is 2.40. The monoisotopic (exact) mass is 481 g/mol. The van der Waals surface area contributed by atoms with E-state index in [9.17, 15) is 5.11 Å². The summed E-state index contributed by atoms with van der Waals surface area (Å²) < 4.78 is 11.2. The summed E-state index contributed by atoms with van der Waals surface area (Å²) in [5.74, 6) is 1.25. The van der Waals surface area contributed by atoms with Crippen molar-refractivity contribution in [1.82, 2.24) is 4.90 Å². The van der Waals surface area contributed by atoms with E-state index < -0.39 is 5.60 Å². The van der Waals surface area contributed by atoms with Gasteiger partial charge in [-0.1, -0.05) is 49.7 Å². The molecule has 1 aliphatic rings. The van der Waals surface area contributed by atoms with Gasteiger partial charge in [-0.2, -0.15) is 0 Å². The minimum absolute atomic E-state index is 0. The quantitative estimate of drug-likeness (QED) is 0.458. The SMILES string of the molecule is CCOc1ccc(C(O)(CCC(C)C)C(CN2CCOCC2)c2ccc(Cl)cc2)cc1.Cl. The molecule has 1 heterocycles. The van der Waals surface area contributed by atoms with Gasteiger partial charge in [0.1, 0.15) is 5.75 Å². The fourth-order valence-corrected chi connectivity index (χ4v) is 4.43. The summed E-state index contributed by atoms with van der Waals surface area (Å²) in [4.78, 5) is 2.40. The van der Waals surface area contributed by atoms with Gasteiger partial charge in [0, 0.05) is 30.6 Å². The maximum Gasteiger partial charge on any atom is 0.119 e. The third kappa shape index (κ3) is 7.10. The van der Waals surface area contributed by atoms with E-state index in [1.807, 2.05) is 43.3 Å². The van der Waals surface area contributed by atoms with E-state index in [2.05, 4.69) is 30.9 Å². The molecule has 178 valence electrons. The summed E-state index contributed by atoms with van der Waals surface area (Å²) in [5.41, 5.74) is 1.04. The minimum atomic E-state index is -0.999. The van der Waals surface area contributed by atoms with Crippen molar-refractivity contribution in [2.24, 2.45) is 5.92 Å². The van der Waals surface area contributed by atoms with Crippen molar-refractivity contribution >= 4 is 24.0 Å². The van der Waals surface area contributed by atoms with E-state index in [1.54, 1.807) is 0 Å². The first kappa shape index (κ1) is 26.9. The van der Waals surface area contributed by atoms with Crippen LogP contribution < -0.4 is 4.74 Å². The van der Waals surface area contributed by atoms with Crippen LogP contribution in [0.3, 0.4) is 0 Å². The molecule has 0 aliphatic carbocycles. The highest BCUT2D eigenvalue weighted by atomic mass is 35.5. The Morgan fingerprint density at radius 2 is 1.69 bits per heavy atom. The maximum atomic E-state index is 12.3. The van der Waals surface area contributed by atoms with Crippen molar-refractivity contribution in [3.8, 4) is 5.75 Å². The zero-order valence-corrected chi connectivity index (χ0v) is 21.0. The molecular weight excluding hydrogens is 445 g/mol. The van der Waals surface area contributed by atoms with Crippen molar-refractivity contribution < 1.29 is 14.6 Å². The molecule has 0 saturated carbocycles. The van der Waals surface area contributed by atoms with E-state index in [-0.39, 0.29) is 18.3 Å². The molecule has 1 N–H and O–H groups in total. The fraction of sp³-hybridized carbons (Fsp3) is 0.538. The van der Waals surface area contributed by atoms with Gasteiger partial charge in [0.25, 0.3) is 0 Å². The number of ether oxygens (including phenoxy) is 2. The van der Waals surface area contributed by atoms with E-state index in [0.29, 0.717) is 24.0 Å². The van der Waals surface area contributed by atoms with Crippen molar-refractivity contribution in [2.45, 2.75) is 45.1 Å². The zero-order chi connectivity index (χ0) is 22.3. The van der Waals surface area contributed by atoms with E-state index in [1.165, 1.54) is 0 Å². The Hall–Kier alpha value is -1.30. The lowest BCUT2D eigenvalue weighted by Crippen LogP contribution is -2.45. The van der Waals surface area contributed by atoms with Crippen molar-refractivity contribution in [2.75, 3.05) is 39.5 Å². The van der Waals surface area contributed by atoms with Gasteiger partial charge in [0.15, 0.2) is 0 Å². The first-order chi connectivity index (χ1) is 14.9. The number of morpholine rings is 1. The summed E-state index contributed by atoms with van der Waals surface area (Å²) in [7, 11) is 0.